The number of isocyanates is 1. The summed E-state index contributed by atoms with van der Waals surface area (Å²) in [5.74, 6) is 0.774. The highest BCUT2D eigenvalue weighted by molar-refractivity contribution is 9.10. The van der Waals surface area contributed by atoms with Crippen LogP contribution >= 0.6 is 15.9 Å². The number of hydrogen-bond acceptors (Lipinski definition) is 3. The summed E-state index contributed by atoms with van der Waals surface area (Å²) in [6.07, 6.45) is 4.60. The van der Waals surface area contributed by atoms with Gasteiger partial charge in [-0.25, -0.2) is 4.79 Å². The number of ether oxygens (including phenoxy) is 1. The van der Waals surface area contributed by atoms with E-state index in [4.69, 9.17) is 4.74 Å². The van der Waals surface area contributed by atoms with Gasteiger partial charge in [0.2, 0.25) is 6.08 Å². The van der Waals surface area contributed by atoms with Gasteiger partial charge in [-0.3, -0.25) is 0 Å². The van der Waals surface area contributed by atoms with Crippen LogP contribution in [0, 0.1) is 0 Å². The van der Waals surface area contributed by atoms with Crippen molar-refractivity contribution in [1.29, 1.82) is 0 Å². The van der Waals surface area contributed by atoms with Crippen molar-refractivity contribution in [2.24, 2.45) is 4.99 Å². The fourth-order valence-electron chi connectivity index (χ4n) is 2.17. The van der Waals surface area contributed by atoms with Gasteiger partial charge in [0.05, 0.1) is 10.0 Å². The molecule has 2 rings (SSSR count). The minimum Gasteiger partial charge on any atom is -0.488 e. The van der Waals surface area contributed by atoms with Gasteiger partial charge in [-0.15, -0.1) is 0 Å². The predicted octanol–water partition coefficient (Wildman–Crippen LogP) is 4.12. The molecule has 0 N–H and O–H groups in total. The van der Waals surface area contributed by atoms with Crippen LogP contribution in [-0.2, 0) is 10.3 Å². The van der Waals surface area contributed by atoms with E-state index in [2.05, 4.69) is 27.5 Å². The Bertz CT molecular complexity index is 543. The number of halogens is 1. The first-order valence-corrected chi connectivity index (χ1v) is 7.03. The van der Waals surface area contributed by atoms with E-state index in [0.29, 0.717) is 6.61 Å². The average molecular weight is 322 g/mol. The van der Waals surface area contributed by atoms with Crippen LogP contribution in [0.3, 0.4) is 0 Å². The molecule has 19 heavy (non-hydrogen) atoms. The molecule has 1 aromatic rings. The summed E-state index contributed by atoms with van der Waals surface area (Å²) in [4.78, 5) is 14.6. The van der Waals surface area contributed by atoms with Crippen molar-refractivity contribution in [3.63, 3.8) is 0 Å². The third kappa shape index (κ3) is 2.96. The monoisotopic (exact) mass is 321 g/mol. The zero-order chi connectivity index (χ0) is 13.9. The second kappa shape index (κ2) is 5.72. The van der Waals surface area contributed by atoms with Gasteiger partial charge in [0.1, 0.15) is 12.4 Å². The summed E-state index contributed by atoms with van der Waals surface area (Å²) >= 11 is 3.50. The van der Waals surface area contributed by atoms with Gasteiger partial charge in [-0.1, -0.05) is 12.6 Å². The van der Waals surface area contributed by atoms with Crippen molar-refractivity contribution in [3.05, 3.63) is 40.4 Å². The number of benzene rings is 1. The Labute approximate surface area is 121 Å². The Kier molecular flexibility index (Phi) is 4.23. The van der Waals surface area contributed by atoms with Crippen molar-refractivity contribution in [2.45, 2.75) is 31.7 Å². The number of hydrogen-bond donors (Lipinski definition) is 0. The lowest BCUT2D eigenvalue weighted by Crippen LogP contribution is -2.31. The molecule has 0 spiro atoms. The second-order valence-corrected chi connectivity index (χ2v) is 5.83. The first-order valence-electron chi connectivity index (χ1n) is 6.24. The van der Waals surface area contributed by atoms with E-state index in [1.807, 2.05) is 25.1 Å². The van der Waals surface area contributed by atoms with Crippen LogP contribution in [0.25, 0.3) is 0 Å². The molecule has 0 atom stereocenters. The highest BCUT2D eigenvalue weighted by Crippen LogP contribution is 2.46. The molecule has 0 amide bonds. The molecular weight excluding hydrogens is 306 g/mol. The highest BCUT2D eigenvalue weighted by Gasteiger charge is 2.39. The fraction of sp³-hybridized carbons (Fsp3) is 0.400. The van der Waals surface area contributed by atoms with Crippen LogP contribution in [0.4, 0.5) is 0 Å². The first kappa shape index (κ1) is 14.0. The van der Waals surface area contributed by atoms with Crippen LogP contribution in [0.2, 0.25) is 0 Å². The smallest absolute Gasteiger partial charge is 0.235 e. The number of carbonyl (C=O) groups excluding carboxylic acids is 1. The average Bonchev–Trinajstić information content (AvgIpc) is 2.32. The van der Waals surface area contributed by atoms with Gasteiger partial charge in [0.25, 0.3) is 0 Å². The summed E-state index contributed by atoms with van der Waals surface area (Å²) in [6, 6.07) is 5.86. The molecule has 0 bridgehead atoms. The van der Waals surface area contributed by atoms with Crippen molar-refractivity contribution in [2.75, 3.05) is 6.61 Å². The molecule has 0 aromatic heterocycles. The van der Waals surface area contributed by atoms with Crippen LogP contribution in [-0.4, -0.2) is 12.7 Å². The Balaban J connectivity index is 2.23. The van der Waals surface area contributed by atoms with Crippen LogP contribution in [0.15, 0.2) is 39.8 Å². The minimum absolute atomic E-state index is 0.364. The van der Waals surface area contributed by atoms with Crippen LogP contribution < -0.4 is 4.74 Å². The first-order chi connectivity index (χ1) is 9.07. The van der Waals surface area contributed by atoms with E-state index in [1.54, 1.807) is 6.08 Å². The summed E-state index contributed by atoms with van der Waals surface area (Å²) in [6.45, 7) is 6.22. The third-order valence-corrected chi connectivity index (χ3v) is 4.00. The largest absolute Gasteiger partial charge is 0.488 e. The van der Waals surface area contributed by atoms with E-state index < -0.39 is 0 Å². The number of nitrogens with zero attached hydrogens (tertiary/aromatic N) is 1. The molecular formula is C15H16BrNO2. The molecule has 1 saturated carbocycles. The quantitative estimate of drug-likeness (QED) is 0.465. The molecule has 0 heterocycles. The maximum Gasteiger partial charge on any atom is 0.235 e. The van der Waals surface area contributed by atoms with E-state index >= 15 is 0 Å². The zero-order valence-corrected chi connectivity index (χ0v) is 12.5. The summed E-state index contributed by atoms with van der Waals surface area (Å²) in [5, 5.41) is 0. The fourth-order valence-corrected chi connectivity index (χ4v) is 2.67. The maximum absolute atomic E-state index is 10.6. The lowest BCUT2D eigenvalue weighted by atomic mass is 9.72. The third-order valence-electron chi connectivity index (χ3n) is 3.38. The lowest BCUT2D eigenvalue weighted by Gasteiger charge is -2.37. The van der Waals surface area contributed by atoms with Crippen molar-refractivity contribution < 1.29 is 9.53 Å². The number of aliphatic imine (C=N–C) groups is 1. The van der Waals surface area contributed by atoms with Crippen molar-refractivity contribution >= 4 is 22.0 Å². The van der Waals surface area contributed by atoms with Gasteiger partial charge in [0, 0.05) is 0 Å². The SMILES string of the molecule is C=C(C)COc1ccc(C2(N=C=O)CCC2)cc1Br. The molecule has 0 radical (unpaired) electrons. The second-order valence-electron chi connectivity index (χ2n) is 4.98. The summed E-state index contributed by atoms with van der Waals surface area (Å²) in [5.41, 5.74) is 1.64. The topological polar surface area (TPSA) is 38.7 Å². The van der Waals surface area contributed by atoms with Crippen LogP contribution in [0.5, 0.6) is 5.75 Å². The van der Waals surface area contributed by atoms with Crippen molar-refractivity contribution in [1.82, 2.24) is 0 Å². The molecule has 1 aliphatic carbocycles. The lowest BCUT2D eigenvalue weighted by molar-refractivity contribution is 0.255. The number of rotatable bonds is 5. The molecule has 100 valence electrons. The van der Waals surface area contributed by atoms with E-state index in [-0.39, 0.29) is 5.54 Å². The van der Waals surface area contributed by atoms with Gasteiger partial charge in [0.15, 0.2) is 0 Å². The standard InChI is InChI=1S/C15H16BrNO2/c1-11(2)9-19-14-5-4-12(8-13(14)16)15(17-10-18)6-3-7-15/h4-5,8H,1,3,6-7,9H2,2H3. The summed E-state index contributed by atoms with van der Waals surface area (Å²) in [7, 11) is 0. The van der Waals surface area contributed by atoms with Crippen LogP contribution in [0.1, 0.15) is 31.7 Å². The van der Waals surface area contributed by atoms with Gasteiger partial charge < -0.3 is 4.74 Å². The van der Waals surface area contributed by atoms with Gasteiger partial charge >= 0.3 is 0 Å². The maximum atomic E-state index is 10.6. The Hall–Kier alpha value is -1.38. The van der Waals surface area contributed by atoms with Gasteiger partial charge in [-0.05, 0) is 65.4 Å². The molecule has 0 saturated heterocycles. The molecule has 0 unspecified atom stereocenters. The molecule has 4 heteroatoms. The van der Waals surface area contributed by atoms with Gasteiger partial charge in [-0.2, -0.15) is 4.99 Å². The molecule has 1 aromatic carbocycles. The Morgan fingerprint density at radius 3 is 2.79 bits per heavy atom. The van der Waals surface area contributed by atoms with E-state index in [0.717, 1.165) is 40.6 Å². The Morgan fingerprint density at radius 2 is 2.32 bits per heavy atom. The summed E-state index contributed by atoms with van der Waals surface area (Å²) < 4.78 is 6.50. The molecule has 3 nitrogen and oxygen atoms in total. The molecule has 1 fully saturated rings. The molecule has 1 aliphatic rings. The van der Waals surface area contributed by atoms with Crippen molar-refractivity contribution in [3.8, 4) is 5.75 Å². The minimum atomic E-state index is -0.364. The molecule has 0 aliphatic heterocycles. The van der Waals surface area contributed by atoms with E-state index in [9.17, 15) is 4.79 Å². The predicted molar refractivity (Wildman–Crippen MR) is 78.1 cm³/mol. The van der Waals surface area contributed by atoms with E-state index in [1.165, 1.54) is 0 Å². The zero-order valence-electron chi connectivity index (χ0n) is 10.9. The normalized spacial score (nSPS) is 16.1. The highest BCUT2D eigenvalue weighted by atomic mass is 79.9. The Morgan fingerprint density at radius 1 is 1.58 bits per heavy atom.